The van der Waals surface area contributed by atoms with Crippen molar-refractivity contribution < 1.29 is 0 Å². The van der Waals surface area contributed by atoms with Crippen molar-refractivity contribution >= 4 is 29.9 Å². The first kappa shape index (κ1) is 19.2. The zero-order chi connectivity index (χ0) is 15.1. The van der Waals surface area contributed by atoms with E-state index < -0.39 is 0 Å². The highest BCUT2D eigenvalue weighted by atomic mass is 127. The van der Waals surface area contributed by atoms with Gasteiger partial charge in [0.25, 0.3) is 0 Å². The van der Waals surface area contributed by atoms with E-state index in [9.17, 15) is 0 Å². The summed E-state index contributed by atoms with van der Waals surface area (Å²) < 4.78 is 0. The van der Waals surface area contributed by atoms with Gasteiger partial charge in [-0.15, -0.1) is 24.0 Å². The van der Waals surface area contributed by atoms with Crippen LogP contribution in [0.1, 0.15) is 45.2 Å². The van der Waals surface area contributed by atoms with Gasteiger partial charge in [-0.3, -0.25) is 9.98 Å². The van der Waals surface area contributed by atoms with Gasteiger partial charge in [0.15, 0.2) is 5.96 Å². The Hall–Kier alpha value is -0.850. The predicted octanol–water partition coefficient (Wildman–Crippen LogP) is 3.36. The largest absolute Gasteiger partial charge is 0.370 e. The van der Waals surface area contributed by atoms with Gasteiger partial charge in [-0.2, -0.15) is 0 Å². The minimum atomic E-state index is 0. The maximum absolute atomic E-state index is 5.97. The molecule has 5 heteroatoms. The smallest absolute Gasteiger partial charge is 0.188 e. The van der Waals surface area contributed by atoms with Crippen molar-refractivity contribution in [2.24, 2.45) is 22.1 Å². The number of halogens is 1. The minimum absolute atomic E-state index is 0. The molecule has 0 spiro atoms. The van der Waals surface area contributed by atoms with Gasteiger partial charge in [0.1, 0.15) is 0 Å². The molecule has 0 aliphatic heterocycles. The van der Waals surface area contributed by atoms with Gasteiger partial charge in [0.05, 0.1) is 0 Å². The molecule has 0 bridgehead atoms. The Labute approximate surface area is 151 Å². The number of aromatic nitrogens is 1. The van der Waals surface area contributed by atoms with E-state index in [-0.39, 0.29) is 24.0 Å². The number of hydrogen-bond donors (Lipinski definition) is 2. The second-order valence-electron chi connectivity index (χ2n) is 6.65. The molecule has 0 aromatic carbocycles. The number of aliphatic imine (C=N–C) groups is 1. The third-order valence-corrected chi connectivity index (χ3v) is 4.25. The Morgan fingerprint density at radius 1 is 1.41 bits per heavy atom. The SMILES string of the molecule is CC(C)CC1(CN=C(N)NCCc2ccccn2)CCC1.I. The van der Waals surface area contributed by atoms with E-state index in [2.05, 4.69) is 29.1 Å². The molecule has 4 nitrogen and oxygen atoms in total. The van der Waals surface area contributed by atoms with E-state index in [1.54, 1.807) is 0 Å². The number of rotatable bonds is 7. The van der Waals surface area contributed by atoms with Gasteiger partial charge in [0, 0.05) is 31.4 Å². The fourth-order valence-electron chi connectivity index (χ4n) is 3.14. The lowest BCUT2D eigenvalue weighted by Gasteiger charge is -2.42. The number of nitrogens with one attached hydrogen (secondary N) is 1. The van der Waals surface area contributed by atoms with Crippen molar-refractivity contribution in [3.05, 3.63) is 30.1 Å². The summed E-state index contributed by atoms with van der Waals surface area (Å²) >= 11 is 0. The van der Waals surface area contributed by atoms with Crippen molar-refractivity contribution in [2.45, 2.75) is 46.0 Å². The summed E-state index contributed by atoms with van der Waals surface area (Å²) in [5, 5.41) is 3.19. The molecule has 0 unspecified atom stereocenters. The highest BCUT2D eigenvalue weighted by molar-refractivity contribution is 14.0. The van der Waals surface area contributed by atoms with Crippen LogP contribution >= 0.6 is 24.0 Å². The molecule has 124 valence electrons. The first-order chi connectivity index (χ1) is 10.1. The van der Waals surface area contributed by atoms with Crippen molar-refractivity contribution in [1.29, 1.82) is 0 Å². The molecule has 3 N–H and O–H groups in total. The van der Waals surface area contributed by atoms with Crippen molar-refractivity contribution in [1.82, 2.24) is 10.3 Å². The number of nitrogens with zero attached hydrogens (tertiary/aromatic N) is 2. The van der Waals surface area contributed by atoms with Crippen LogP contribution < -0.4 is 11.1 Å². The summed E-state index contributed by atoms with van der Waals surface area (Å²) in [5.74, 6) is 1.31. The highest BCUT2D eigenvalue weighted by Gasteiger charge is 2.37. The number of pyridine rings is 1. The average Bonchev–Trinajstić information content (AvgIpc) is 2.42. The summed E-state index contributed by atoms with van der Waals surface area (Å²) in [5.41, 5.74) is 7.47. The first-order valence-electron chi connectivity index (χ1n) is 8.03. The Morgan fingerprint density at radius 3 is 2.73 bits per heavy atom. The van der Waals surface area contributed by atoms with Crippen LogP contribution in [0.4, 0.5) is 0 Å². The fraction of sp³-hybridized carbons (Fsp3) is 0.647. The first-order valence-corrected chi connectivity index (χ1v) is 8.03. The molecular formula is C17H29IN4. The fourth-order valence-corrected chi connectivity index (χ4v) is 3.14. The highest BCUT2D eigenvalue weighted by Crippen LogP contribution is 2.46. The molecule has 0 atom stereocenters. The molecule has 1 aromatic rings. The van der Waals surface area contributed by atoms with E-state index in [0.717, 1.165) is 31.1 Å². The van der Waals surface area contributed by atoms with Crippen molar-refractivity contribution in [2.75, 3.05) is 13.1 Å². The zero-order valence-electron chi connectivity index (χ0n) is 13.7. The number of nitrogens with two attached hydrogens (primary N) is 1. The second-order valence-corrected chi connectivity index (χ2v) is 6.65. The molecule has 1 heterocycles. The van der Waals surface area contributed by atoms with E-state index >= 15 is 0 Å². The molecular weight excluding hydrogens is 387 g/mol. The van der Waals surface area contributed by atoms with Crippen LogP contribution in [0.25, 0.3) is 0 Å². The number of hydrogen-bond acceptors (Lipinski definition) is 2. The normalized spacial score (nSPS) is 16.8. The van der Waals surface area contributed by atoms with E-state index in [0.29, 0.717) is 11.4 Å². The van der Waals surface area contributed by atoms with Crippen LogP contribution in [-0.2, 0) is 6.42 Å². The molecule has 0 radical (unpaired) electrons. The molecule has 1 saturated carbocycles. The molecule has 1 aromatic heterocycles. The molecule has 1 fully saturated rings. The van der Waals surface area contributed by atoms with Crippen LogP contribution in [0.15, 0.2) is 29.4 Å². The topological polar surface area (TPSA) is 63.3 Å². The van der Waals surface area contributed by atoms with Crippen LogP contribution in [0, 0.1) is 11.3 Å². The van der Waals surface area contributed by atoms with E-state index in [1.807, 2.05) is 24.4 Å². The van der Waals surface area contributed by atoms with Crippen LogP contribution in [0.3, 0.4) is 0 Å². The standard InChI is InChI=1S/C17H28N4.HI/c1-14(2)12-17(8-5-9-17)13-21-16(18)20-11-7-15-6-3-4-10-19-15;/h3-4,6,10,14H,5,7-9,11-13H2,1-2H3,(H3,18,20,21);1H. The quantitative estimate of drug-likeness (QED) is 0.407. The lowest BCUT2D eigenvalue weighted by Crippen LogP contribution is -2.38. The summed E-state index contributed by atoms with van der Waals surface area (Å²) in [4.78, 5) is 8.86. The maximum atomic E-state index is 5.97. The third kappa shape index (κ3) is 6.10. The third-order valence-electron chi connectivity index (χ3n) is 4.25. The van der Waals surface area contributed by atoms with Gasteiger partial charge in [-0.05, 0) is 42.7 Å². The maximum Gasteiger partial charge on any atom is 0.188 e. The second kappa shape index (κ2) is 9.33. The van der Waals surface area contributed by atoms with Gasteiger partial charge in [0.2, 0.25) is 0 Å². The molecule has 1 aliphatic rings. The van der Waals surface area contributed by atoms with E-state index in [4.69, 9.17) is 5.73 Å². The molecule has 22 heavy (non-hydrogen) atoms. The van der Waals surface area contributed by atoms with Gasteiger partial charge >= 0.3 is 0 Å². The monoisotopic (exact) mass is 416 g/mol. The van der Waals surface area contributed by atoms with Gasteiger partial charge in [-0.1, -0.05) is 26.3 Å². The molecule has 0 amide bonds. The van der Waals surface area contributed by atoms with E-state index in [1.165, 1.54) is 25.7 Å². The van der Waals surface area contributed by atoms with Crippen molar-refractivity contribution in [3.63, 3.8) is 0 Å². The minimum Gasteiger partial charge on any atom is -0.370 e. The molecule has 1 aliphatic carbocycles. The predicted molar refractivity (Wildman–Crippen MR) is 104 cm³/mol. The summed E-state index contributed by atoms with van der Waals surface area (Å²) in [7, 11) is 0. The summed E-state index contributed by atoms with van der Waals surface area (Å²) in [6.45, 7) is 6.23. The lowest BCUT2D eigenvalue weighted by atomic mass is 9.64. The Bertz CT molecular complexity index is 455. The lowest BCUT2D eigenvalue weighted by molar-refractivity contribution is 0.111. The van der Waals surface area contributed by atoms with Crippen molar-refractivity contribution in [3.8, 4) is 0 Å². The molecule has 0 saturated heterocycles. The Morgan fingerprint density at radius 2 is 2.18 bits per heavy atom. The van der Waals surface area contributed by atoms with Gasteiger partial charge < -0.3 is 11.1 Å². The molecule has 2 rings (SSSR count). The zero-order valence-corrected chi connectivity index (χ0v) is 16.0. The number of guanidine groups is 1. The summed E-state index contributed by atoms with van der Waals surface area (Å²) in [6, 6.07) is 5.96. The Balaban J connectivity index is 0.00000242. The van der Waals surface area contributed by atoms with Crippen LogP contribution in [0.2, 0.25) is 0 Å². The van der Waals surface area contributed by atoms with Gasteiger partial charge in [-0.25, -0.2) is 0 Å². The average molecular weight is 416 g/mol. The van der Waals surface area contributed by atoms with Crippen LogP contribution in [0.5, 0.6) is 0 Å². The summed E-state index contributed by atoms with van der Waals surface area (Å²) in [6.07, 6.45) is 7.89. The van der Waals surface area contributed by atoms with Crippen LogP contribution in [-0.4, -0.2) is 24.0 Å². The Kier molecular flexibility index (Phi) is 8.14.